The molecule has 0 aliphatic carbocycles. The van der Waals surface area contributed by atoms with Gasteiger partial charge in [0.1, 0.15) is 5.01 Å². The van der Waals surface area contributed by atoms with Crippen molar-refractivity contribution in [2.45, 2.75) is 32.2 Å². The molecule has 2 aliphatic heterocycles. The Morgan fingerprint density at radius 2 is 1.92 bits per heavy atom. The lowest BCUT2D eigenvalue weighted by molar-refractivity contribution is -0.144. The van der Waals surface area contributed by atoms with Crippen LogP contribution in [0.1, 0.15) is 37.2 Å². The highest BCUT2D eigenvalue weighted by Gasteiger charge is 2.45. The smallest absolute Gasteiger partial charge is 0.276 e. The van der Waals surface area contributed by atoms with Crippen LogP contribution in [0.2, 0.25) is 0 Å². The van der Waals surface area contributed by atoms with Crippen molar-refractivity contribution in [3.8, 4) is 0 Å². The Bertz CT molecular complexity index is 847. The number of benzene rings is 1. The van der Waals surface area contributed by atoms with Gasteiger partial charge in [-0.05, 0) is 31.4 Å². The first-order chi connectivity index (χ1) is 12.6. The van der Waals surface area contributed by atoms with Crippen LogP contribution in [-0.2, 0) is 9.59 Å². The lowest BCUT2D eigenvalue weighted by atomic mass is 10.2. The van der Waals surface area contributed by atoms with Crippen molar-refractivity contribution in [3.05, 3.63) is 29.3 Å². The van der Waals surface area contributed by atoms with E-state index in [1.54, 1.807) is 11.3 Å². The summed E-state index contributed by atoms with van der Waals surface area (Å²) in [6, 6.07) is 7.56. The first-order valence-electron chi connectivity index (χ1n) is 8.87. The SMILES string of the molecule is CCCN1C(=O)C(=O)N(CN2CCC[C@H]2c2nc3ccccc3s2)C1=O. The molecule has 26 heavy (non-hydrogen) atoms. The Kier molecular flexibility index (Phi) is 4.46. The summed E-state index contributed by atoms with van der Waals surface area (Å²) in [5.41, 5.74) is 0.969. The van der Waals surface area contributed by atoms with Crippen molar-refractivity contribution in [2.75, 3.05) is 19.8 Å². The van der Waals surface area contributed by atoms with Gasteiger partial charge in [-0.1, -0.05) is 19.1 Å². The molecule has 4 amide bonds. The van der Waals surface area contributed by atoms with Crippen molar-refractivity contribution >= 4 is 39.4 Å². The molecule has 1 aromatic heterocycles. The van der Waals surface area contributed by atoms with Gasteiger partial charge in [0.15, 0.2) is 0 Å². The lowest BCUT2D eigenvalue weighted by Crippen LogP contribution is -2.42. The average Bonchev–Trinajstić information content (AvgIpc) is 3.32. The maximum atomic E-state index is 12.5. The third-order valence-electron chi connectivity index (χ3n) is 4.86. The van der Waals surface area contributed by atoms with E-state index < -0.39 is 17.8 Å². The minimum absolute atomic E-state index is 0.0725. The number of likely N-dealkylation sites (tertiary alicyclic amines) is 1. The molecule has 0 bridgehead atoms. The van der Waals surface area contributed by atoms with Crippen molar-refractivity contribution in [1.29, 1.82) is 0 Å². The second-order valence-electron chi connectivity index (χ2n) is 6.60. The predicted octanol–water partition coefficient (Wildman–Crippen LogP) is 2.59. The zero-order valence-electron chi connectivity index (χ0n) is 14.6. The summed E-state index contributed by atoms with van der Waals surface area (Å²) in [6.45, 7) is 3.07. The summed E-state index contributed by atoms with van der Waals surface area (Å²) in [5.74, 6) is -1.44. The van der Waals surface area contributed by atoms with Gasteiger partial charge in [0.2, 0.25) is 0 Å². The van der Waals surface area contributed by atoms with Crippen LogP contribution in [0.4, 0.5) is 4.79 Å². The molecule has 0 spiro atoms. The Labute approximate surface area is 155 Å². The number of para-hydroxylation sites is 1. The fourth-order valence-corrected chi connectivity index (χ4v) is 4.72. The molecule has 0 unspecified atom stereocenters. The lowest BCUT2D eigenvalue weighted by Gasteiger charge is -2.26. The molecular formula is C18H20N4O3S. The topological polar surface area (TPSA) is 73.8 Å². The molecule has 0 saturated carbocycles. The van der Waals surface area contributed by atoms with Crippen LogP contribution in [0, 0.1) is 0 Å². The van der Waals surface area contributed by atoms with Gasteiger partial charge in [-0.3, -0.25) is 19.4 Å². The van der Waals surface area contributed by atoms with E-state index in [9.17, 15) is 14.4 Å². The number of nitrogens with zero attached hydrogens (tertiary/aromatic N) is 4. The Hall–Kier alpha value is -2.32. The first-order valence-corrected chi connectivity index (χ1v) is 9.68. The van der Waals surface area contributed by atoms with E-state index in [2.05, 4.69) is 4.90 Å². The maximum Gasteiger partial charge on any atom is 0.335 e. The van der Waals surface area contributed by atoms with E-state index in [-0.39, 0.29) is 19.3 Å². The molecule has 8 heteroatoms. The van der Waals surface area contributed by atoms with Crippen LogP contribution in [-0.4, -0.2) is 57.3 Å². The molecule has 136 valence electrons. The van der Waals surface area contributed by atoms with Gasteiger partial charge in [-0.2, -0.15) is 0 Å². The molecule has 3 heterocycles. The van der Waals surface area contributed by atoms with Gasteiger partial charge in [-0.15, -0.1) is 11.3 Å². The van der Waals surface area contributed by atoms with Crippen LogP contribution < -0.4 is 0 Å². The zero-order chi connectivity index (χ0) is 18.3. The number of imide groups is 2. The minimum Gasteiger partial charge on any atom is -0.276 e. The van der Waals surface area contributed by atoms with Gasteiger partial charge >= 0.3 is 17.8 Å². The summed E-state index contributed by atoms with van der Waals surface area (Å²) in [6.07, 6.45) is 2.54. The van der Waals surface area contributed by atoms with E-state index in [1.807, 2.05) is 31.2 Å². The second-order valence-corrected chi connectivity index (χ2v) is 7.67. The number of hydrogen-bond acceptors (Lipinski definition) is 6. The largest absolute Gasteiger partial charge is 0.335 e. The van der Waals surface area contributed by atoms with Crippen molar-refractivity contribution in [3.63, 3.8) is 0 Å². The summed E-state index contributed by atoms with van der Waals surface area (Å²) < 4.78 is 1.13. The van der Waals surface area contributed by atoms with Crippen LogP contribution in [0.3, 0.4) is 0 Å². The number of urea groups is 1. The molecular weight excluding hydrogens is 352 g/mol. The van der Waals surface area contributed by atoms with E-state index in [0.29, 0.717) is 6.42 Å². The number of carbonyl (C=O) groups excluding carboxylic acids is 3. The molecule has 0 N–H and O–H groups in total. The van der Waals surface area contributed by atoms with E-state index in [1.165, 1.54) is 0 Å². The van der Waals surface area contributed by atoms with Crippen LogP contribution in [0.5, 0.6) is 0 Å². The third kappa shape index (κ3) is 2.79. The highest BCUT2D eigenvalue weighted by molar-refractivity contribution is 7.18. The molecule has 2 saturated heterocycles. The van der Waals surface area contributed by atoms with Gasteiger partial charge in [-0.25, -0.2) is 14.7 Å². The normalized spacial score (nSPS) is 21.6. The standard InChI is InChI=1S/C18H20N4O3S/c1-2-9-21-16(23)17(24)22(18(21)25)11-20-10-5-7-13(20)15-19-12-6-3-4-8-14(12)26-15/h3-4,6,8,13H,2,5,7,9-11H2,1H3/t13-/m0/s1. The van der Waals surface area contributed by atoms with E-state index >= 15 is 0 Å². The fourth-order valence-electron chi connectivity index (χ4n) is 3.59. The van der Waals surface area contributed by atoms with Crippen molar-refractivity contribution in [2.24, 2.45) is 0 Å². The molecule has 2 aromatic rings. The summed E-state index contributed by atoms with van der Waals surface area (Å²) in [5, 5.41) is 1.000. The Morgan fingerprint density at radius 3 is 2.69 bits per heavy atom. The molecule has 0 radical (unpaired) electrons. The van der Waals surface area contributed by atoms with Crippen molar-refractivity contribution < 1.29 is 14.4 Å². The van der Waals surface area contributed by atoms with Crippen LogP contribution in [0.25, 0.3) is 10.2 Å². The van der Waals surface area contributed by atoms with Gasteiger partial charge in [0.25, 0.3) is 0 Å². The fraction of sp³-hybridized carbons (Fsp3) is 0.444. The minimum atomic E-state index is -0.724. The van der Waals surface area contributed by atoms with E-state index in [4.69, 9.17) is 4.98 Å². The number of aromatic nitrogens is 1. The number of rotatable bonds is 5. The van der Waals surface area contributed by atoms with Crippen LogP contribution >= 0.6 is 11.3 Å². The molecule has 1 aromatic carbocycles. The average molecular weight is 372 g/mol. The maximum absolute atomic E-state index is 12.5. The second kappa shape index (κ2) is 6.77. The molecule has 1 atom stereocenters. The highest BCUT2D eigenvalue weighted by atomic mass is 32.1. The Morgan fingerprint density at radius 1 is 1.15 bits per heavy atom. The van der Waals surface area contributed by atoms with Gasteiger partial charge in [0.05, 0.1) is 22.9 Å². The van der Waals surface area contributed by atoms with E-state index in [0.717, 1.165) is 44.4 Å². The Balaban J connectivity index is 1.55. The molecule has 4 rings (SSSR count). The quantitative estimate of drug-likeness (QED) is 0.596. The molecule has 2 fully saturated rings. The number of fused-ring (bicyclic) bond motifs is 1. The van der Waals surface area contributed by atoms with Gasteiger partial charge in [0, 0.05) is 13.1 Å². The zero-order valence-corrected chi connectivity index (χ0v) is 15.4. The number of carbonyl (C=O) groups is 3. The summed E-state index contributed by atoms with van der Waals surface area (Å²) >= 11 is 1.65. The monoisotopic (exact) mass is 372 g/mol. The molecule has 7 nitrogen and oxygen atoms in total. The number of hydrogen-bond donors (Lipinski definition) is 0. The number of thiazole rings is 1. The first kappa shape index (κ1) is 17.1. The van der Waals surface area contributed by atoms with Crippen molar-refractivity contribution in [1.82, 2.24) is 19.7 Å². The number of amides is 4. The van der Waals surface area contributed by atoms with Gasteiger partial charge < -0.3 is 0 Å². The highest BCUT2D eigenvalue weighted by Crippen LogP contribution is 2.36. The molecule has 2 aliphatic rings. The third-order valence-corrected chi connectivity index (χ3v) is 6.00. The van der Waals surface area contributed by atoms with Crippen LogP contribution in [0.15, 0.2) is 24.3 Å². The predicted molar refractivity (Wildman–Crippen MR) is 97.4 cm³/mol. The summed E-state index contributed by atoms with van der Waals surface area (Å²) in [7, 11) is 0. The summed E-state index contributed by atoms with van der Waals surface area (Å²) in [4.78, 5) is 45.7.